The Morgan fingerprint density at radius 2 is 2.21 bits per heavy atom. The van der Waals surface area contributed by atoms with E-state index in [2.05, 4.69) is 33.2 Å². The van der Waals surface area contributed by atoms with Crippen molar-refractivity contribution in [2.75, 3.05) is 12.3 Å². The second kappa shape index (κ2) is 5.09. The van der Waals surface area contributed by atoms with Crippen LogP contribution in [0.25, 0.3) is 0 Å². The molecule has 0 saturated carbocycles. The molecule has 0 amide bonds. The lowest BCUT2D eigenvalue weighted by atomic mass is 10.1. The molecule has 0 aromatic carbocycles. The normalized spacial score (nSPS) is 13.3. The van der Waals surface area contributed by atoms with Crippen LogP contribution < -0.4 is 11.1 Å². The quantitative estimate of drug-likeness (QED) is 0.687. The third-order valence-electron chi connectivity index (χ3n) is 3.02. The maximum absolute atomic E-state index is 5.62. The second-order valence-electron chi connectivity index (χ2n) is 4.45. The van der Waals surface area contributed by atoms with Gasteiger partial charge in [0.2, 0.25) is 0 Å². The fraction of sp³-hybridized carbons (Fsp3) is 0.200. The minimum atomic E-state index is 0.486. The van der Waals surface area contributed by atoms with Crippen molar-refractivity contribution >= 4 is 5.82 Å². The molecule has 4 nitrogen and oxygen atoms in total. The highest BCUT2D eigenvalue weighted by Gasteiger charge is 2.09. The lowest BCUT2D eigenvalue weighted by Gasteiger charge is -2.15. The Morgan fingerprint density at radius 1 is 1.26 bits per heavy atom. The maximum atomic E-state index is 5.62. The van der Waals surface area contributed by atoms with Crippen LogP contribution in [-0.2, 0) is 13.0 Å². The molecule has 1 aliphatic heterocycles. The molecule has 0 radical (unpaired) electrons. The van der Waals surface area contributed by atoms with Crippen LogP contribution in [0.2, 0.25) is 0 Å². The van der Waals surface area contributed by atoms with Crippen LogP contribution in [0.15, 0.2) is 30.5 Å². The van der Waals surface area contributed by atoms with Gasteiger partial charge in [0.15, 0.2) is 0 Å². The first-order valence-electron chi connectivity index (χ1n) is 6.24. The van der Waals surface area contributed by atoms with E-state index in [4.69, 9.17) is 5.73 Å². The first-order valence-corrected chi connectivity index (χ1v) is 6.24. The zero-order valence-electron chi connectivity index (χ0n) is 10.5. The van der Waals surface area contributed by atoms with Gasteiger partial charge in [-0.25, -0.2) is 4.98 Å². The second-order valence-corrected chi connectivity index (χ2v) is 4.45. The first kappa shape index (κ1) is 11.7. The van der Waals surface area contributed by atoms with E-state index in [1.54, 1.807) is 6.07 Å². The van der Waals surface area contributed by atoms with Crippen molar-refractivity contribution in [2.24, 2.45) is 0 Å². The van der Waals surface area contributed by atoms with Gasteiger partial charge in [0, 0.05) is 37.0 Å². The minimum Gasteiger partial charge on any atom is -0.384 e. The third-order valence-corrected chi connectivity index (χ3v) is 3.02. The Balaban J connectivity index is 1.88. The number of hydrogen-bond donors (Lipinski definition) is 2. The number of nitrogens with zero attached hydrogens (tertiary/aromatic N) is 2. The minimum absolute atomic E-state index is 0.486. The van der Waals surface area contributed by atoms with E-state index in [9.17, 15) is 0 Å². The number of anilines is 1. The summed E-state index contributed by atoms with van der Waals surface area (Å²) >= 11 is 0. The lowest BCUT2D eigenvalue weighted by molar-refractivity contribution is 0.630. The average molecular weight is 250 g/mol. The van der Waals surface area contributed by atoms with Crippen LogP contribution in [0.5, 0.6) is 0 Å². The van der Waals surface area contributed by atoms with Gasteiger partial charge in [-0.3, -0.25) is 4.98 Å². The Labute approximate surface area is 112 Å². The van der Waals surface area contributed by atoms with Gasteiger partial charge in [-0.05, 0) is 29.7 Å². The molecule has 3 rings (SSSR count). The molecule has 0 fully saturated rings. The smallest absolute Gasteiger partial charge is 0.124 e. The van der Waals surface area contributed by atoms with E-state index >= 15 is 0 Å². The van der Waals surface area contributed by atoms with Gasteiger partial charge in [0.1, 0.15) is 11.5 Å². The van der Waals surface area contributed by atoms with Crippen molar-refractivity contribution in [1.29, 1.82) is 0 Å². The molecule has 3 heterocycles. The summed E-state index contributed by atoms with van der Waals surface area (Å²) in [5.41, 5.74) is 9.61. The Hall–Kier alpha value is -2.38. The molecule has 19 heavy (non-hydrogen) atoms. The highest BCUT2D eigenvalue weighted by atomic mass is 14.9. The van der Waals surface area contributed by atoms with E-state index in [0.29, 0.717) is 11.5 Å². The zero-order chi connectivity index (χ0) is 13.1. The van der Waals surface area contributed by atoms with Crippen molar-refractivity contribution in [1.82, 2.24) is 15.3 Å². The summed E-state index contributed by atoms with van der Waals surface area (Å²) in [4.78, 5) is 8.61. The lowest BCUT2D eigenvalue weighted by Crippen LogP contribution is -2.24. The zero-order valence-corrected chi connectivity index (χ0v) is 10.5. The van der Waals surface area contributed by atoms with Crippen LogP contribution in [0.1, 0.15) is 22.5 Å². The summed E-state index contributed by atoms with van der Waals surface area (Å²) in [6.45, 7) is 1.87. The van der Waals surface area contributed by atoms with Gasteiger partial charge in [-0.2, -0.15) is 0 Å². The molecule has 4 heteroatoms. The van der Waals surface area contributed by atoms with Crippen molar-refractivity contribution < 1.29 is 0 Å². The van der Waals surface area contributed by atoms with Crippen LogP contribution in [0.4, 0.5) is 5.82 Å². The molecule has 0 atom stereocenters. The monoisotopic (exact) mass is 250 g/mol. The first-order chi connectivity index (χ1) is 9.31. The van der Waals surface area contributed by atoms with Crippen molar-refractivity contribution in [3.63, 3.8) is 0 Å². The molecule has 0 bridgehead atoms. The van der Waals surface area contributed by atoms with Crippen LogP contribution in [-0.4, -0.2) is 16.5 Å². The van der Waals surface area contributed by atoms with Gasteiger partial charge < -0.3 is 11.1 Å². The van der Waals surface area contributed by atoms with Gasteiger partial charge in [0.25, 0.3) is 0 Å². The van der Waals surface area contributed by atoms with E-state index in [0.717, 1.165) is 25.1 Å². The highest BCUT2D eigenvalue weighted by molar-refractivity contribution is 5.43. The molecule has 1 aliphatic rings. The number of pyridine rings is 2. The van der Waals surface area contributed by atoms with E-state index < -0.39 is 0 Å². The predicted molar refractivity (Wildman–Crippen MR) is 74.3 cm³/mol. The Bertz CT molecular complexity index is 667. The summed E-state index contributed by atoms with van der Waals surface area (Å²) < 4.78 is 0. The van der Waals surface area contributed by atoms with Gasteiger partial charge >= 0.3 is 0 Å². The summed E-state index contributed by atoms with van der Waals surface area (Å²) in [5, 5.41) is 3.33. The topological polar surface area (TPSA) is 63.8 Å². The molecule has 2 aromatic heterocycles. The number of nitrogens with one attached hydrogen (secondary N) is 1. The maximum Gasteiger partial charge on any atom is 0.124 e. The van der Waals surface area contributed by atoms with Crippen LogP contribution in [0.3, 0.4) is 0 Å². The van der Waals surface area contributed by atoms with E-state index in [-0.39, 0.29) is 0 Å². The summed E-state index contributed by atoms with van der Waals surface area (Å²) in [5.74, 6) is 6.57. The number of rotatable bonds is 0. The van der Waals surface area contributed by atoms with Crippen LogP contribution >= 0.6 is 0 Å². The van der Waals surface area contributed by atoms with Crippen molar-refractivity contribution in [3.05, 3.63) is 53.0 Å². The van der Waals surface area contributed by atoms with Gasteiger partial charge in [-0.1, -0.05) is 12.0 Å². The van der Waals surface area contributed by atoms with E-state index in [1.807, 2.05) is 18.3 Å². The van der Waals surface area contributed by atoms with Crippen molar-refractivity contribution in [3.8, 4) is 11.8 Å². The van der Waals surface area contributed by atoms with E-state index in [1.165, 1.54) is 11.3 Å². The highest BCUT2D eigenvalue weighted by Crippen LogP contribution is 2.12. The number of aromatic nitrogens is 2. The SMILES string of the molecule is Nc1cccc(C#Cc2cnc3c(c2)CNCC3)n1. The molecule has 0 spiro atoms. The molecule has 3 N–H and O–H groups in total. The largest absolute Gasteiger partial charge is 0.384 e. The fourth-order valence-corrected chi connectivity index (χ4v) is 2.07. The molecular weight excluding hydrogens is 236 g/mol. The molecule has 94 valence electrons. The molecule has 0 unspecified atom stereocenters. The van der Waals surface area contributed by atoms with Gasteiger partial charge in [-0.15, -0.1) is 0 Å². The molecular formula is C15H14N4. The fourth-order valence-electron chi connectivity index (χ4n) is 2.07. The molecule has 2 aromatic rings. The third kappa shape index (κ3) is 2.72. The number of hydrogen-bond acceptors (Lipinski definition) is 4. The van der Waals surface area contributed by atoms with Crippen LogP contribution in [0, 0.1) is 11.8 Å². The Morgan fingerprint density at radius 3 is 3.11 bits per heavy atom. The molecule has 0 aliphatic carbocycles. The predicted octanol–water partition coefficient (Wildman–Crippen LogP) is 1.10. The number of nitrogen functional groups attached to an aromatic ring is 1. The summed E-state index contributed by atoms with van der Waals surface area (Å²) in [7, 11) is 0. The average Bonchev–Trinajstić information content (AvgIpc) is 2.45. The number of nitrogens with two attached hydrogens (primary N) is 1. The summed E-state index contributed by atoms with van der Waals surface area (Å²) in [6, 6.07) is 7.53. The van der Waals surface area contributed by atoms with Crippen molar-refractivity contribution in [2.45, 2.75) is 13.0 Å². The molecule has 0 saturated heterocycles. The standard InChI is InChI=1S/C15H14N4/c16-15-3-1-2-13(19-15)5-4-11-8-12-10-17-7-6-14(12)18-9-11/h1-3,8-9,17H,6-7,10H2,(H2,16,19). The Kier molecular flexibility index (Phi) is 3.13. The van der Waals surface area contributed by atoms with Gasteiger partial charge in [0.05, 0.1) is 0 Å². The number of fused-ring (bicyclic) bond motifs is 1. The summed E-state index contributed by atoms with van der Waals surface area (Å²) in [6.07, 6.45) is 2.81.